The van der Waals surface area contributed by atoms with Crippen LogP contribution >= 0.6 is 15.9 Å². The van der Waals surface area contributed by atoms with Crippen LogP contribution in [0, 0.1) is 13.8 Å². The van der Waals surface area contributed by atoms with E-state index in [0.717, 1.165) is 0 Å². The van der Waals surface area contributed by atoms with Gasteiger partial charge in [0.15, 0.2) is 0 Å². The van der Waals surface area contributed by atoms with Gasteiger partial charge in [0.05, 0.1) is 5.69 Å². The summed E-state index contributed by atoms with van der Waals surface area (Å²) in [6.45, 7) is 3.42. The zero-order valence-corrected chi connectivity index (χ0v) is 13.5. The fraction of sp³-hybridized carbons (Fsp3) is 0.231. The van der Waals surface area contributed by atoms with Crippen LogP contribution in [0.3, 0.4) is 0 Å². The lowest BCUT2D eigenvalue weighted by Crippen LogP contribution is -2.16. The van der Waals surface area contributed by atoms with Crippen LogP contribution in [0.15, 0.2) is 38.1 Å². The fourth-order valence-electron chi connectivity index (χ4n) is 2.04. The normalized spacial score (nSPS) is 11.6. The van der Waals surface area contributed by atoms with Gasteiger partial charge in [0.1, 0.15) is 16.4 Å². The monoisotopic (exact) mass is 358 g/mol. The van der Waals surface area contributed by atoms with Crippen molar-refractivity contribution in [1.29, 1.82) is 0 Å². The second-order valence-electron chi connectivity index (χ2n) is 4.31. The number of hydrogen-bond acceptors (Lipinski definition) is 4. The molecule has 0 spiro atoms. The van der Waals surface area contributed by atoms with Crippen molar-refractivity contribution < 1.29 is 12.8 Å². The van der Waals surface area contributed by atoms with Crippen molar-refractivity contribution >= 4 is 31.6 Å². The molecule has 2 rings (SSSR count). The Bertz CT molecular complexity index is 738. The van der Waals surface area contributed by atoms with Crippen LogP contribution in [0.25, 0.3) is 0 Å². The van der Waals surface area contributed by atoms with E-state index < -0.39 is 10.0 Å². The number of benzene rings is 1. The first-order valence-corrected chi connectivity index (χ1v) is 8.20. The molecule has 0 bridgehead atoms. The molecule has 0 saturated heterocycles. The maximum absolute atomic E-state index is 12.5. The number of nitrogens with two attached hydrogens (primary N) is 1. The van der Waals surface area contributed by atoms with Crippen molar-refractivity contribution in [2.75, 3.05) is 4.72 Å². The number of nitrogens with one attached hydrogen (secondary N) is 1. The van der Waals surface area contributed by atoms with E-state index in [2.05, 4.69) is 20.7 Å². The van der Waals surface area contributed by atoms with Crippen molar-refractivity contribution in [2.45, 2.75) is 25.3 Å². The van der Waals surface area contributed by atoms with E-state index in [-0.39, 0.29) is 11.4 Å². The second kappa shape index (κ2) is 5.59. The van der Waals surface area contributed by atoms with E-state index >= 15 is 0 Å². The molecule has 0 aliphatic rings. The maximum Gasteiger partial charge on any atom is 0.265 e. The van der Waals surface area contributed by atoms with Gasteiger partial charge in [0, 0.05) is 16.6 Å². The van der Waals surface area contributed by atoms with E-state index in [1.807, 2.05) is 0 Å². The molecule has 0 amide bonds. The van der Waals surface area contributed by atoms with E-state index in [0.29, 0.717) is 27.2 Å². The quantitative estimate of drug-likeness (QED) is 0.879. The predicted molar refractivity (Wildman–Crippen MR) is 81.0 cm³/mol. The molecule has 7 heteroatoms. The van der Waals surface area contributed by atoms with Gasteiger partial charge in [-0.05, 0) is 41.9 Å². The van der Waals surface area contributed by atoms with Gasteiger partial charge < -0.3 is 10.2 Å². The van der Waals surface area contributed by atoms with E-state index in [1.165, 1.54) is 0 Å². The van der Waals surface area contributed by atoms with Gasteiger partial charge >= 0.3 is 0 Å². The number of aryl methyl sites for hydroxylation is 2. The molecular formula is C13H15BrN2O3S. The molecule has 5 nitrogen and oxygen atoms in total. The van der Waals surface area contributed by atoms with Gasteiger partial charge in [-0.1, -0.05) is 12.1 Å². The average Bonchev–Trinajstić information content (AvgIpc) is 2.67. The van der Waals surface area contributed by atoms with Gasteiger partial charge in [-0.25, -0.2) is 8.42 Å². The lowest BCUT2D eigenvalue weighted by atomic mass is 10.2. The molecule has 1 heterocycles. The number of sulfonamides is 1. The van der Waals surface area contributed by atoms with Gasteiger partial charge in [-0.2, -0.15) is 0 Å². The van der Waals surface area contributed by atoms with Gasteiger partial charge in [0.2, 0.25) is 0 Å². The van der Waals surface area contributed by atoms with Crippen LogP contribution in [0.4, 0.5) is 5.69 Å². The van der Waals surface area contributed by atoms with Crippen LogP contribution in [0.5, 0.6) is 0 Å². The van der Waals surface area contributed by atoms with E-state index in [9.17, 15) is 8.42 Å². The topological polar surface area (TPSA) is 85.3 Å². The number of furan rings is 1. The zero-order chi connectivity index (χ0) is 14.9. The van der Waals surface area contributed by atoms with E-state index in [1.54, 1.807) is 38.1 Å². The van der Waals surface area contributed by atoms with Crippen molar-refractivity contribution in [3.63, 3.8) is 0 Å². The van der Waals surface area contributed by atoms with Crippen LogP contribution in [-0.4, -0.2) is 8.42 Å². The first kappa shape index (κ1) is 15.1. The third kappa shape index (κ3) is 2.74. The van der Waals surface area contributed by atoms with Gasteiger partial charge in [-0.15, -0.1) is 0 Å². The Labute approximate surface area is 126 Å². The van der Waals surface area contributed by atoms with Crippen molar-refractivity contribution in [3.8, 4) is 0 Å². The second-order valence-corrected chi connectivity index (χ2v) is 6.79. The maximum atomic E-state index is 12.5. The molecule has 0 aliphatic heterocycles. The van der Waals surface area contributed by atoms with Gasteiger partial charge in [-0.3, -0.25) is 4.72 Å². The summed E-state index contributed by atoms with van der Waals surface area (Å²) in [6.07, 6.45) is 0. The molecule has 1 aromatic carbocycles. The molecule has 1 aromatic heterocycles. The Morgan fingerprint density at radius 1 is 1.25 bits per heavy atom. The highest BCUT2D eigenvalue weighted by atomic mass is 79.9. The summed E-state index contributed by atoms with van der Waals surface area (Å²) in [5.74, 6) is 0.861. The van der Waals surface area contributed by atoms with Crippen molar-refractivity contribution in [1.82, 2.24) is 0 Å². The SMILES string of the molecule is Cc1oc(C)c(S(=O)(=O)Nc2ccccc2Br)c1CN. The Kier molecular flexibility index (Phi) is 4.22. The van der Waals surface area contributed by atoms with Crippen LogP contribution in [-0.2, 0) is 16.6 Å². The molecule has 2 aromatic rings. The fourth-order valence-corrected chi connectivity index (χ4v) is 4.09. The zero-order valence-electron chi connectivity index (χ0n) is 11.1. The predicted octanol–water partition coefficient (Wildman–Crippen LogP) is 2.92. The van der Waals surface area contributed by atoms with Crippen LogP contribution in [0.1, 0.15) is 17.1 Å². The van der Waals surface area contributed by atoms with Crippen LogP contribution in [0.2, 0.25) is 0 Å². The highest BCUT2D eigenvalue weighted by Gasteiger charge is 2.26. The standard InChI is InChI=1S/C13H15BrN2O3S/c1-8-10(7-15)13(9(2)19-8)20(17,18)16-12-6-4-3-5-11(12)14/h3-6,16H,7,15H2,1-2H3. The van der Waals surface area contributed by atoms with Crippen LogP contribution < -0.4 is 10.5 Å². The summed E-state index contributed by atoms with van der Waals surface area (Å²) in [4.78, 5) is 0.119. The molecule has 0 radical (unpaired) electrons. The Morgan fingerprint density at radius 3 is 2.50 bits per heavy atom. The lowest BCUT2D eigenvalue weighted by Gasteiger charge is -2.10. The summed E-state index contributed by atoms with van der Waals surface area (Å²) >= 11 is 3.31. The molecule has 0 fully saturated rings. The van der Waals surface area contributed by atoms with E-state index in [4.69, 9.17) is 10.2 Å². The summed E-state index contributed by atoms with van der Waals surface area (Å²) in [6, 6.07) is 6.99. The highest BCUT2D eigenvalue weighted by molar-refractivity contribution is 9.10. The molecule has 3 N–H and O–H groups in total. The molecule has 0 unspecified atom stereocenters. The Morgan fingerprint density at radius 2 is 1.90 bits per heavy atom. The number of anilines is 1. The molecular weight excluding hydrogens is 344 g/mol. The van der Waals surface area contributed by atoms with Crippen molar-refractivity contribution in [3.05, 3.63) is 45.8 Å². The summed E-state index contributed by atoms with van der Waals surface area (Å²) < 4.78 is 33.6. The summed E-state index contributed by atoms with van der Waals surface area (Å²) in [5, 5.41) is 0. The third-order valence-electron chi connectivity index (χ3n) is 2.92. The third-order valence-corrected chi connectivity index (χ3v) is 5.17. The average molecular weight is 359 g/mol. The molecule has 0 aliphatic carbocycles. The number of para-hydroxylation sites is 1. The largest absolute Gasteiger partial charge is 0.465 e. The minimum atomic E-state index is -3.74. The van der Waals surface area contributed by atoms with Crippen molar-refractivity contribution in [2.24, 2.45) is 5.73 Å². The molecule has 108 valence electrons. The minimum Gasteiger partial charge on any atom is -0.465 e. The summed E-state index contributed by atoms with van der Waals surface area (Å²) in [5.41, 5.74) is 6.59. The Balaban J connectivity index is 2.49. The highest BCUT2D eigenvalue weighted by Crippen LogP contribution is 2.30. The first-order chi connectivity index (χ1) is 9.36. The molecule has 20 heavy (non-hydrogen) atoms. The lowest BCUT2D eigenvalue weighted by molar-refractivity contribution is 0.494. The number of rotatable bonds is 4. The van der Waals surface area contributed by atoms with Gasteiger partial charge in [0.25, 0.3) is 10.0 Å². The summed E-state index contributed by atoms with van der Waals surface area (Å²) in [7, 11) is -3.74. The number of halogens is 1. The smallest absolute Gasteiger partial charge is 0.265 e. The minimum absolute atomic E-state index is 0.107. The molecule has 0 saturated carbocycles. The Hall–Kier alpha value is -1.31. The molecule has 0 atom stereocenters. The number of hydrogen-bond donors (Lipinski definition) is 2. The first-order valence-electron chi connectivity index (χ1n) is 5.93.